The quantitative estimate of drug-likeness (QED) is 0.748. The first-order valence-electron chi connectivity index (χ1n) is 2.67. The zero-order chi connectivity index (χ0) is 7.40. The third kappa shape index (κ3) is 2.46. The number of thioether (sulfide) groups is 1. The second-order valence-electron chi connectivity index (χ2n) is 1.51. The molecule has 1 rings (SSSR count). The summed E-state index contributed by atoms with van der Waals surface area (Å²) in [7, 11) is 0. The highest BCUT2D eigenvalue weighted by Gasteiger charge is 1.98. The summed E-state index contributed by atoms with van der Waals surface area (Å²) in [6, 6.07) is 0. The van der Waals surface area contributed by atoms with Gasteiger partial charge in [0.1, 0.15) is 5.15 Å². The van der Waals surface area contributed by atoms with Crippen molar-refractivity contribution in [3.63, 3.8) is 0 Å². The molecule has 0 amide bonds. The van der Waals surface area contributed by atoms with E-state index in [9.17, 15) is 0 Å². The van der Waals surface area contributed by atoms with E-state index in [1.54, 1.807) is 5.38 Å². The van der Waals surface area contributed by atoms with Gasteiger partial charge in [0.05, 0.1) is 6.61 Å². The lowest BCUT2D eigenvalue weighted by atomic mass is 10.9. The molecule has 0 atom stereocenters. The van der Waals surface area contributed by atoms with Crippen LogP contribution in [0.1, 0.15) is 0 Å². The van der Waals surface area contributed by atoms with Crippen LogP contribution in [-0.2, 0) is 0 Å². The highest BCUT2D eigenvalue weighted by atomic mass is 35.5. The van der Waals surface area contributed by atoms with Gasteiger partial charge in [0.15, 0.2) is 4.34 Å². The SMILES string of the molecule is OCCSc1nc(Cl)cs1. The predicted molar refractivity (Wildman–Crippen MR) is 44.9 cm³/mol. The highest BCUT2D eigenvalue weighted by Crippen LogP contribution is 2.23. The molecule has 0 radical (unpaired) electrons. The molecular formula is C5H6ClNOS2. The van der Waals surface area contributed by atoms with E-state index < -0.39 is 0 Å². The molecule has 1 N–H and O–H groups in total. The average molecular weight is 196 g/mol. The second kappa shape index (κ2) is 4.18. The Balaban J connectivity index is 2.42. The van der Waals surface area contributed by atoms with E-state index in [-0.39, 0.29) is 6.61 Å². The van der Waals surface area contributed by atoms with Gasteiger partial charge >= 0.3 is 0 Å². The Hall–Kier alpha value is 0.230. The van der Waals surface area contributed by atoms with E-state index >= 15 is 0 Å². The topological polar surface area (TPSA) is 33.1 Å². The molecular weight excluding hydrogens is 190 g/mol. The van der Waals surface area contributed by atoms with Gasteiger partial charge in [0.25, 0.3) is 0 Å². The Labute approximate surface area is 72.2 Å². The number of aliphatic hydroxyl groups excluding tert-OH is 1. The molecule has 0 saturated carbocycles. The predicted octanol–water partition coefficient (Wildman–Crippen LogP) is 1.88. The lowest BCUT2D eigenvalue weighted by Crippen LogP contribution is -1.83. The molecule has 1 heterocycles. The molecule has 0 aliphatic carbocycles. The highest BCUT2D eigenvalue weighted by molar-refractivity contribution is 8.01. The fraction of sp³-hybridized carbons (Fsp3) is 0.400. The summed E-state index contributed by atoms with van der Waals surface area (Å²) in [6.07, 6.45) is 0. The molecule has 0 aromatic carbocycles. The number of hydrogen-bond acceptors (Lipinski definition) is 4. The van der Waals surface area contributed by atoms with Crippen LogP contribution in [0.5, 0.6) is 0 Å². The minimum Gasteiger partial charge on any atom is -0.396 e. The van der Waals surface area contributed by atoms with Gasteiger partial charge < -0.3 is 5.11 Å². The minimum absolute atomic E-state index is 0.182. The van der Waals surface area contributed by atoms with Gasteiger partial charge in [-0.2, -0.15) is 0 Å². The van der Waals surface area contributed by atoms with E-state index in [1.807, 2.05) is 0 Å². The molecule has 0 bridgehead atoms. The summed E-state index contributed by atoms with van der Waals surface area (Å²) >= 11 is 8.58. The van der Waals surface area contributed by atoms with Crippen molar-refractivity contribution in [2.45, 2.75) is 4.34 Å². The van der Waals surface area contributed by atoms with Crippen molar-refractivity contribution < 1.29 is 5.11 Å². The largest absolute Gasteiger partial charge is 0.396 e. The number of rotatable bonds is 3. The van der Waals surface area contributed by atoms with Crippen molar-refractivity contribution >= 4 is 34.7 Å². The Morgan fingerprint density at radius 1 is 1.80 bits per heavy atom. The molecule has 0 aliphatic heterocycles. The van der Waals surface area contributed by atoms with Crippen LogP contribution in [0.3, 0.4) is 0 Å². The molecule has 56 valence electrons. The van der Waals surface area contributed by atoms with Gasteiger partial charge in [-0.25, -0.2) is 4.98 Å². The Kier molecular flexibility index (Phi) is 3.48. The van der Waals surface area contributed by atoms with Crippen LogP contribution in [-0.4, -0.2) is 22.5 Å². The minimum atomic E-state index is 0.182. The van der Waals surface area contributed by atoms with E-state index in [4.69, 9.17) is 16.7 Å². The van der Waals surface area contributed by atoms with Crippen molar-refractivity contribution in [3.05, 3.63) is 10.5 Å². The van der Waals surface area contributed by atoms with Gasteiger partial charge in [0.2, 0.25) is 0 Å². The molecule has 0 aliphatic rings. The van der Waals surface area contributed by atoms with Crippen LogP contribution in [0, 0.1) is 0 Å². The maximum atomic E-state index is 8.46. The van der Waals surface area contributed by atoms with E-state index in [1.165, 1.54) is 23.1 Å². The van der Waals surface area contributed by atoms with Crippen LogP contribution < -0.4 is 0 Å². The van der Waals surface area contributed by atoms with E-state index in [0.29, 0.717) is 10.9 Å². The summed E-state index contributed by atoms with van der Waals surface area (Å²) < 4.78 is 0.916. The van der Waals surface area contributed by atoms with Gasteiger partial charge in [-0.15, -0.1) is 11.3 Å². The van der Waals surface area contributed by atoms with Crippen molar-refractivity contribution in [2.24, 2.45) is 0 Å². The molecule has 10 heavy (non-hydrogen) atoms. The number of hydrogen-bond donors (Lipinski definition) is 1. The van der Waals surface area contributed by atoms with Crippen molar-refractivity contribution in [1.82, 2.24) is 4.98 Å². The molecule has 2 nitrogen and oxygen atoms in total. The lowest BCUT2D eigenvalue weighted by molar-refractivity contribution is 0.322. The number of nitrogens with zero attached hydrogens (tertiary/aromatic N) is 1. The second-order valence-corrected chi connectivity index (χ2v) is 4.10. The van der Waals surface area contributed by atoms with Gasteiger partial charge in [-0.05, 0) is 0 Å². The first kappa shape index (κ1) is 8.33. The van der Waals surface area contributed by atoms with Gasteiger partial charge in [-0.3, -0.25) is 0 Å². The van der Waals surface area contributed by atoms with Crippen LogP contribution in [0.25, 0.3) is 0 Å². The Morgan fingerprint density at radius 2 is 2.60 bits per heavy atom. The zero-order valence-corrected chi connectivity index (χ0v) is 7.47. The number of aromatic nitrogens is 1. The van der Waals surface area contributed by atoms with Crippen LogP contribution in [0.4, 0.5) is 0 Å². The zero-order valence-electron chi connectivity index (χ0n) is 5.08. The maximum absolute atomic E-state index is 8.46. The molecule has 0 fully saturated rings. The molecule has 1 aromatic rings. The summed E-state index contributed by atoms with van der Waals surface area (Å²) in [5.74, 6) is 0.684. The van der Waals surface area contributed by atoms with Gasteiger partial charge in [0, 0.05) is 11.1 Å². The van der Waals surface area contributed by atoms with Crippen molar-refractivity contribution in [1.29, 1.82) is 0 Å². The van der Waals surface area contributed by atoms with Crippen LogP contribution >= 0.6 is 34.7 Å². The molecule has 0 unspecified atom stereocenters. The van der Waals surface area contributed by atoms with Crippen LogP contribution in [0.15, 0.2) is 9.72 Å². The van der Waals surface area contributed by atoms with Crippen LogP contribution in [0.2, 0.25) is 5.15 Å². The standard InChI is InChI=1S/C5H6ClNOS2/c6-4-3-10-5(7-4)9-2-1-8/h3,8H,1-2H2. The first-order chi connectivity index (χ1) is 4.83. The fourth-order valence-corrected chi connectivity index (χ4v) is 2.25. The fourth-order valence-electron chi connectivity index (χ4n) is 0.438. The van der Waals surface area contributed by atoms with Crippen molar-refractivity contribution in [2.75, 3.05) is 12.4 Å². The van der Waals surface area contributed by atoms with E-state index in [2.05, 4.69) is 4.98 Å². The smallest absolute Gasteiger partial charge is 0.151 e. The van der Waals surface area contributed by atoms with Crippen molar-refractivity contribution in [3.8, 4) is 0 Å². The normalized spacial score (nSPS) is 10.2. The molecule has 1 aromatic heterocycles. The summed E-state index contributed by atoms with van der Waals surface area (Å²) in [5.41, 5.74) is 0. The summed E-state index contributed by atoms with van der Waals surface area (Å²) in [6.45, 7) is 0.182. The molecule has 5 heteroatoms. The number of thiazole rings is 1. The number of halogens is 1. The average Bonchev–Trinajstić information content (AvgIpc) is 2.31. The molecule has 0 spiro atoms. The summed E-state index contributed by atoms with van der Waals surface area (Å²) in [5, 5.41) is 10.8. The summed E-state index contributed by atoms with van der Waals surface area (Å²) in [4.78, 5) is 3.98. The number of aliphatic hydroxyl groups is 1. The monoisotopic (exact) mass is 195 g/mol. The maximum Gasteiger partial charge on any atom is 0.151 e. The van der Waals surface area contributed by atoms with E-state index in [0.717, 1.165) is 4.34 Å². The van der Waals surface area contributed by atoms with Gasteiger partial charge in [-0.1, -0.05) is 23.4 Å². The third-order valence-electron chi connectivity index (χ3n) is 0.772. The Morgan fingerprint density at radius 3 is 3.10 bits per heavy atom. The Bertz CT molecular complexity index is 203. The third-order valence-corrected chi connectivity index (χ3v) is 3.10. The first-order valence-corrected chi connectivity index (χ1v) is 4.92. The lowest BCUT2D eigenvalue weighted by Gasteiger charge is -1.89. The molecule has 0 saturated heterocycles.